The van der Waals surface area contributed by atoms with Crippen LogP contribution in [-0.2, 0) is 11.3 Å². The molecule has 8 heteroatoms. The minimum atomic E-state index is -0.970. The van der Waals surface area contributed by atoms with Gasteiger partial charge in [-0.1, -0.05) is 0 Å². The highest BCUT2D eigenvalue weighted by Crippen LogP contribution is 2.17. The molecule has 19 heavy (non-hydrogen) atoms. The van der Waals surface area contributed by atoms with E-state index in [1.165, 1.54) is 17.1 Å². The van der Waals surface area contributed by atoms with Crippen molar-refractivity contribution in [2.24, 2.45) is 0 Å². The predicted octanol–water partition coefficient (Wildman–Crippen LogP) is 0.937. The van der Waals surface area contributed by atoms with Gasteiger partial charge in [-0.25, -0.2) is 4.79 Å². The zero-order valence-electron chi connectivity index (χ0n) is 10.6. The molecule has 1 fully saturated rings. The molecular weight excluding hydrogens is 268 g/mol. The number of aromatic nitrogens is 2. The normalized spacial score (nSPS) is 19.2. The Morgan fingerprint density at radius 1 is 1.63 bits per heavy atom. The van der Waals surface area contributed by atoms with Crippen LogP contribution < -0.4 is 5.32 Å². The van der Waals surface area contributed by atoms with E-state index in [4.69, 9.17) is 5.11 Å². The second kappa shape index (κ2) is 5.96. The molecule has 0 bridgehead atoms. The Morgan fingerprint density at radius 3 is 3.11 bits per heavy atom. The number of carbonyl (C=O) groups excluding carboxylic acids is 1. The van der Waals surface area contributed by atoms with Gasteiger partial charge in [0.05, 0.1) is 11.9 Å². The summed E-state index contributed by atoms with van der Waals surface area (Å²) >= 11 is 1.84. The zero-order valence-corrected chi connectivity index (χ0v) is 11.4. The average molecular weight is 284 g/mol. The van der Waals surface area contributed by atoms with Crippen LogP contribution in [0.3, 0.4) is 0 Å². The number of nitrogens with zero attached hydrogens (tertiary/aromatic N) is 3. The van der Waals surface area contributed by atoms with Gasteiger partial charge in [-0.3, -0.25) is 9.48 Å². The van der Waals surface area contributed by atoms with Crippen LogP contribution in [0.5, 0.6) is 0 Å². The van der Waals surface area contributed by atoms with Crippen molar-refractivity contribution >= 4 is 29.4 Å². The Balaban J connectivity index is 1.94. The van der Waals surface area contributed by atoms with E-state index in [1.54, 1.807) is 4.90 Å². The fraction of sp³-hybridized carbons (Fsp3) is 0.545. The maximum absolute atomic E-state index is 12.1. The summed E-state index contributed by atoms with van der Waals surface area (Å²) in [5, 5.41) is 15.2. The van der Waals surface area contributed by atoms with Crippen LogP contribution in [0.2, 0.25) is 0 Å². The van der Waals surface area contributed by atoms with E-state index in [0.29, 0.717) is 5.69 Å². The number of aliphatic carboxylic acids is 1. The first-order chi connectivity index (χ1) is 9.06. The molecule has 1 aliphatic heterocycles. The second-order valence-electron chi connectivity index (χ2n) is 4.37. The van der Waals surface area contributed by atoms with Crippen molar-refractivity contribution in [3.63, 3.8) is 0 Å². The van der Waals surface area contributed by atoms with Crippen LogP contribution in [0.15, 0.2) is 12.4 Å². The van der Waals surface area contributed by atoms with Crippen LogP contribution in [-0.4, -0.2) is 55.9 Å². The van der Waals surface area contributed by atoms with Gasteiger partial charge in [0.1, 0.15) is 6.54 Å². The lowest BCUT2D eigenvalue weighted by atomic mass is 10.3. The van der Waals surface area contributed by atoms with E-state index in [0.717, 1.165) is 18.1 Å². The maximum atomic E-state index is 12.1. The lowest BCUT2D eigenvalue weighted by Gasteiger charge is -2.32. The highest BCUT2D eigenvalue weighted by atomic mass is 32.2. The molecule has 0 radical (unpaired) electrons. The molecular formula is C11H16N4O3S. The van der Waals surface area contributed by atoms with Gasteiger partial charge < -0.3 is 15.3 Å². The summed E-state index contributed by atoms with van der Waals surface area (Å²) in [6.07, 6.45) is 2.96. The highest BCUT2D eigenvalue weighted by molar-refractivity contribution is 7.99. The van der Waals surface area contributed by atoms with Crippen molar-refractivity contribution < 1.29 is 14.7 Å². The van der Waals surface area contributed by atoms with Crippen molar-refractivity contribution in [2.45, 2.75) is 19.5 Å². The molecule has 2 rings (SSSR count). The van der Waals surface area contributed by atoms with Crippen LogP contribution in [0.1, 0.15) is 6.92 Å². The minimum absolute atomic E-state index is 0.164. The molecule has 0 spiro atoms. The Morgan fingerprint density at radius 2 is 2.42 bits per heavy atom. The molecule has 104 valence electrons. The lowest BCUT2D eigenvalue weighted by Crippen LogP contribution is -2.46. The van der Waals surface area contributed by atoms with E-state index in [-0.39, 0.29) is 18.6 Å². The summed E-state index contributed by atoms with van der Waals surface area (Å²) in [5.74, 6) is 0.907. The van der Waals surface area contributed by atoms with Gasteiger partial charge in [-0.15, -0.1) is 0 Å². The van der Waals surface area contributed by atoms with E-state index < -0.39 is 5.97 Å². The monoisotopic (exact) mass is 284 g/mol. The first kappa shape index (κ1) is 13.7. The quantitative estimate of drug-likeness (QED) is 0.862. The summed E-state index contributed by atoms with van der Waals surface area (Å²) in [7, 11) is 0. The molecule has 1 unspecified atom stereocenters. The first-order valence-electron chi connectivity index (χ1n) is 5.96. The minimum Gasteiger partial charge on any atom is -0.480 e. The third-order valence-electron chi connectivity index (χ3n) is 2.81. The van der Waals surface area contributed by atoms with Crippen molar-refractivity contribution in [1.82, 2.24) is 14.7 Å². The number of nitrogens with one attached hydrogen (secondary N) is 1. The summed E-state index contributed by atoms with van der Waals surface area (Å²) in [4.78, 5) is 24.4. The van der Waals surface area contributed by atoms with E-state index in [9.17, 15) is 9.59 Å². The molecule has 2 heterocycles. The summed E-state index contributed by atoms with van der Waals surface area (Å²) in [5.41, 5.74) is 0.511. The van der Waals surface area contributed by atoms with Gasteiger partial charge in [0.15, 0.2) is 0 Å². The molecule has 1 atom stereocenters. The molecule has 0 aliphatic carbocycles. The van der Waals surface area contributed by atoms with Gasteiger partial charge >= 0.3 is 12.0 Å². The third kappa shape index (κ3) is 3.63. The van der Waals surface area contributed by atoms with Gasteiger partial charge in [0, 0.05) is 30.3 Å². The van der Waals surface area contributed by atoms with Crippen molar-refractivity contribution in [1.29, 1.82) is 0 Å². The number of hydrogen-bond donors (Lipinski definition) is 2. The predicted molar refractivity (Wildman–Crippen MR) is 72.4 cm³/mol. The number of carbonyl (C=O) groups is 2. The Kier molecular flexibility index (Phi) is 4.31. The van der Waals surface area contributed by atoms with Crippen LogP contribution in [0.25, 0.3) is 0 Å². The van der Waals surface area contributed by atoms with Crippen LogP contribution >= 0.6 is 11.8 Å². The molecule has 0 aromatic carbocycles. The number of thioether (sulfide) groups is 1. The molecule has 1 aromatic rings. The van der Waals surface area contributed by atoms with Crippen molar-refractivity contribution in [3.05, 3.63) is 12.4 Å². The number of carboxylic acid groups (broad SMARTS) is 1. The average Bonchev–Trinajstić information content (AvgIpc) is 2.76. The number of amides is 2. The molecule has 1 aromatic heterocycles. The molecule has 1 aliphatic rings. The molecule has 1 saturated heterocycles. The van der Waals surface area contributed by atoms with Crippen molar-refractivity contribution in [3.8, 4) is 0 Å². The zero-order chi connectivity index (χ0) is 13.8. The SMILES string of the molecule is CC1CSCCN1C(=O)Nc1cnn(CC(=O)O)c1. The smallest absolute Gasteiger partial charge is 0.325 e. The van der Waals surface area contributed by atoms with E-state index in [2.05, 4.69) is 10.4 Å². The maximum Gasteiger partial charge on any atom is 0.325 e. The van der Waals surface area contributed by atoms with Gasteiger partial charge in [-0.05, 0) is 6.92 Å². The summed E-state index contributed by atoms with van der Waals surface area (Å²) < 4.78 is 1.27. The largest absolute Gasteiger partial charge is 0.480 e. The standard InChI is InChI=1S/C11H16N4O3S/c1-8-7-19-3-2-15(8)11(18)13-9-4-12-14(5-9)6-10(16)17/h4-5,8H,2-3,6-7H2,1H3,(H,13,18)(H,16,17). The number of anilines is 1. The van der Waals surface area contributed by atoms with Gasteiger partial charge in [-0.2, -0.15) is 16.9 Å². The fourth-order valence-corrected chi connectivity index (χ4v) is 2.89. The first-order valence-corrected chi connectivity index (χ1v) is 7.11. The molecule has 7 nitrogen and oxygen atoms in total. The van der Waals surface area contributed by atoms with Crippen molar-refractivity contribution in [2.75, 3.05) is 23.4 Å². The Labute approximate surface area is 115 Å². The van der Waals surface area contributed by atoms with E-state index >= 15 is 0 Å². The second-order valence-corrected chi connectivity index (χ2v) is 5.52. The number of rotatable bonds is 3. The fourth-order valence-electron chi connectivity index (χ4n) is 1.88. The van der Waals surface area contributed by atoms with E-state index in [1.807, 2.05) is 18.7 Å². The van der Waals surface area contributed by atoms with Gasteiger partial charge in [0.25, 0.3) is 0 Å². The Hall–Kier alpha value is -1.70. The number of urea groups is 1. The molecule has 2 amide bonds. The number of hydrogen-bond acceptors (Lipinski definition) is 4. The van der Waals surface area contributed by atoms with Crippen LogP contribution in [0, 0.1) is 0 Å². The summed E-state index contributed by atoms with van der Waals surface area (Å²) in [6.45, 7) is 2.52. The topological polar surface area (TPSA) is 87.5 Å². The lowest BCUT2D eigenvalue weighted by molar-refractivity contribution is -0.137. The number of carboxylic acids is 1. The Bertz CT molecular complexity index is 476. The van der Waals surface area contributed by atoms with Gasteiger partial charge in [0.2, 0.25) is 0 Å². The highest BCUT2D eigenvalue weighted by Gasteiger charge is 2.23. The molecule has 0 saturated carbocycles. The molecule has 2 N–H and O–H groups in total. The van der Waals surface area contributed by atoms with Crippen LogP contribution in [0.4, 0.5) is 10.5 Å². The third-order valence-corrected chi connectivity index (χ3v) is 4.00. The summed E-state index contributed by atoms with van der Waals surface area (Å²) in [6, 6.07) is 0.0375.